The number of nitrogen functional groups attached to an aromatic ring is 1. The average Bonchev–Trinajstić information content (AvgIpc) is 3.00. The summed E-state index contributed by atoms with van der Waals surface area (Å²) >= 11 is 5.99. The quantitative estimate of drug-likeness (QED) is 0.653. The van der Waals surface area contributed by atoms with Crippen LogP contribution in [0.1, 0.15) is 23.9 Å². The zero-order valence-electron chi connectivity index (χ0n) is 13.4. The Morgan fingerprint density at radius 2 is 2.12 bits per heavy atom. The van der Waals surface area contributed by atoms with Gasteiger partial charge in [0.1, 0.15) is 27.9 Å². The van der Waals surface area contributed by atoms with Gasteiger partial charge in [0.2, 0.25) is 5.95 Å². The molecule has 0 saturated carbocycles. The number of benzene rings is 1. The van der Waals surface area contributed by atoms with Crippen molar-refractivity contribution in [1.29, 1.82) is 0 Å². The van der Waals surface area contributed by atoms with Gasteiger partial charge in [-0.1, -0.05) is 22.8 Å². The molecule has 1 aromatic carbocycles. The molecule has 1 atom stereocenters. The molecule has 25 heavy (non-hydrogen) atoms. The summed E-state index contributed by atoms with van der Waals surface area (Å²) in [6.45, 7) is 3.25. The largest absolute Gasteiger partial charge is 0.379 e. The number of aliphatic hydroxyl groups is 1. The van der Waals surface area contributed by atoms with Crippen LogP contribution in [-0.2, 0) is 5.60 Å². The Hall–Kier alpha value is -2.71. The van der Waals surface area contributed by atoms with Crippen molar-refractivity contribution in [2.45, 2.75) is 19.4 Å². The maximum absolute atomic E-state index is 14.2. The van der Waals surface area contributed by atoms with Crippen LogP contribution in [0, 0.1) is 12.7 Å². The van der Waals surface area contributed by atoms with Gasteiger partial charge in [-0.2, -0.15) is 4.98 Å². The monoisotopic (exact) mass is 363 g/mol. The topological polar surface area (TPSA) is 110 Å². The Bertz CT molecular complexity index is 929. The first-order valence-corrected chi connectivity index (χ1v) is 7.66. The van der Waals surface area contributed by atoms with Gasteiger partial charge in [0.15, 0.2) is 5.82 Å². The molecule has 0 aliphatic heterocycles. The highest BCUT2D eigenvalue weighted by Gasteiger charge is 2.30. The molecule has 0 amide bonds. The molecule has 7 nitrogen and oxygen atoms in total. The van der Waals surface area contributed by atoms with E-state index < -0.39 is 11.4 Å². The minimum Gasteiger partial charge on any atom is -0.379 e. The van der Waals surface area contributed by atoms with E-state index in [2.05, 4.69) is 20.4 Å². The number of nitrogens with two attached hydrogens (primary N) is 1. The van der Waals surface area contributed by atoms with Gasteiger partial charge in [-0.15, -0.1) is 0 Å². The summed E-state index contributed by atoms with van der Waals surface area (Å²) in [5, 5.41) is 17.6. The molecule has 3 aromatic rings. The molecular formula is C16H15ClFN5O2. The van der Waals surface area contributed by atoms with Gasteiger partial charge in [0.05, 0.1) is 11.9 Å². The molecule has 1 unspecified atom stereocenters. The number of nitrogens with one attached hydrogen (secondary N) is 1. The SMILES string of the molecule is Cc1cc(C(C)(O)c2ccc(F)c(Nc3nc(N)ncc3Cl)c2)no1. The van der Waals surface area contributed by atoms with Crippen LogP contribution in [0.25, 0.3) is 0 Å². The molecule has 2 heterocycles. The number of nitrogens with zero attached hydrogens (tertiary/aromatic N) is 3. The lowest BCUT2D eigenvalue weighted by Crippen LogP contribution is -2.23. The predicted octanol–water partition coefficient (Wildman–Crippen LogP) is 3.15. The third kappa shape index (κ3) is 3.40. The van der Waals surface area contributed by atoms with Crippen molar-refractivity contribution in [1.82, 2.24) is 15.1 Å². The van der Waals surface area contributed by atoms with Crippen LogP contribution in [0.15, 0.2) is 35.0 Å². The molecular weight excluding hydrogens is 349 g/mol. The molecule has 9 heteroatoms. The van der Waals surface area contributed by atoms with Gasteiger partial charge in [-0.05, 0) is 31.5 Å². The summed E-state index contributed by atoms with van der Waals surface area (Å²) in [6.07, 6.45) is 1.31. The second-order valence-electron chi connectivity index (χ2n) is 5.64. The lowest BCUT2D eigenvalue weighted by Gasteiger charge is -2.22. The van der Waals surface area contributed by atoms with Gasteiger partial charge in [-0.25, -0.2) is 9.37 Å². The van der Waals surface area contributed by atoms with Crippen molar-refractivity contribution >= 4 is 29.1 Å². The highest BCUT2D eigenvalue weighted by atomic mass is 35.5. The van der Waals surface area contributed by atoms with Crippen LogP contribution < -0.4 is 11.1 Å². The second-order valence-corrected chi connectivity index (χ2v) is 6.05. The van der Waals surface area contributed by atoms with Gasteiger partial charge in [-0.3, -0.25) is 0 Å². The van der Waals surface area contributed by atoms with E-state index in [1.54, 1.807) is 13.0 Å². The minimum atomic E-state index is -1.48. The summed E-state index contributed by atoms with van der Waals surface area (Å²) in [5.74, 6) is 0.152. The van der Waals surface area contributed by atoms with Crippen molar-refractivity contribution in [2.24, 2.45) is 0 Å². The molecule has 0 aliphatic rings. The fraction of sp³-hybridized carbons (Fsp3) is 0.188. The molecule has 130 valence electrons. The number of rotatable bonds is 4. The van der Waals surface area contributed by atoms with E-state index in [1.807, 2.05) is 0 Å². The lowest BCUT2D eigenvalue weighted by atomic mass is 9.92. The fourth-order valence-electron chi connectivity index (χ4n) is 2.26. The van der Waals surface area contributed by atoms with E-state index >= 15 is 0 Å². The molecule has 3 rings (SSSR count). The van der Waals surface area contributed by atoms with Gasteiger partial charge >= 0.3 is 0 Å². The Morgan fingerprint density at radius 3 is 2.80 bits per heavy atom. The standard InChI is InChI=1S/C16H15ClFN5O2/c1-8-5-13(23-25-8)16(2,24)9-3-4-11(18)12(6-9)21-14-10(17)7-20-15(19)22-14/h3-7,24H,1-2H3,(H3,19,20,21,22). The second kappa shape index (κ2) is 6.30. The van der Waals surface area contributed by atoms with E-state index in [9.17, 15) is 9.50 Å². The molecule has 0 bridgehead atoms. The Kier molecular flexibility index (Phi) is 4.32. The van der Waals surface area contributed by atoms with Crippen molar-refractivity contribution in [3.8, 4) is 0 Å². The number of hydrogen-bond acceptors (Lipinski definition) is 7. The third-order valence-corrected chi connectivity index (χ3v) is 3.95. The van der Waals surface area contributed by atoms with Crippen LogP contribution in [0.5, 0.6) is 0 Å². The van der Waals surface area contributed by atoms with E-state index in [1.165, 1.54) is 31.3 Å². The van der Waals surface area contributed by atoms with E-state index in [-0.39, 0.29) is 22.5 Å². The van der Waals surface area contributed by atoms with Crippen molar-refractivity contribution < 1.29 is 14.0 Å². The number of aryl methyl sites for hydroxylation is 1. The van der Waals surface area contributed by atoms with Crippen LogP contribution in [-0.4, -0.2) is 20.2 Å². The number of halogens is 2. The molecule has 0 radical (unpaired) electrons. The maximum atomic E-state index is 14.2. The Morgan fingerprint density at radius 1 is 1.36 bits per heavy atom. The fourth-order valence-corrected chi connectivity index (χ4v) is 2.40. The van der Waals surface area contributed by atoms with E-state index in [0.717, 1.165) is 0 Å². The first-order chi connectivity index (χ1) is 11.8. The van der Waals surface area contributed by atoms with Crippen LogP contribution in [0.3, 0.4) is 0 Å². The lowest BCUT2D eigenvalue weighted by molar-refractivity contribution is 0.0931. The smallest absolute Gasteiger partial charge is 0.222 e. The predicted molar refractivity (Wildman–Crippen MR) is 91.0 cm³/mol. The van der Waals surface area contributed by atoms with Crippen molar-refractivity contribution in [3.63, 3.8) is 0 Å². The minimum absolute atomic E-state index is 0.00599. The van der Waals surface area contributed by atoms with Gasteiger partial charge in [0, 0.05) is 6.07 Å². The highest BCUT2D eigenvalue weighted by Crippen LogP contribution is 2.33. The normalized spacial score (nSPS) is 13.5. The molecule has 0 spiro atoms. The number of anilines is 3. The Labute approximate surface area is 147 Å². The van der Waals surface area contributed by atoms with Crippen molar-refractivity contribution in [2.75, 3.05) is 11.1 Å². The zero-order valence-corrected chi connectivity index (χ0v) is 14.2. The summed E-state index contributed by atoms with van der Waals surface area (Å²) in [4.78, 5) is 7.67. The maximum Gasteiger partial charge on any atom is 0.222 e. The molecule has 0 saturated heterocycles. The number of hydrogen-bond donors (Lipinski definition) is 3. The van der Waals surface area contributed by atoms with Crippen LogP contribution >= 0.6 is 11.6 Å². The highest BCUT2D eigenvalue weighted by molar-refractivity contribution is 6.32. The zero-order chi connectivity index (χ0) is 18.2. The van der Waals surface area contributed by atoms with Crippen LogP contribution in [0.2, 0.25) is 5.02 Å². The first kappa shape index (κ1) is 17.1. The van der Waals surface area contributed by atoms with Crippen molar-refractivity contribution in [3.05, 3.63) is 58.3 Å². The Balaban J connectivity index is 1.99. The third-order valence-electron chi connectivity index (χ3n) is 3.67. The van der Waals surface area contributed by atoms with Crippen LogP contribution in [0.4, 0.5) is 21.8 Å². The molecule has 0 aliphatic carbocycles. The summed E-state index contributed by atoms with van der Waals surface area (Å²) in [7, 11) is 0. The summed E-state index contributed by atoms with van der Waals surface area (Å²) in [6, 6.07) is 5.73. The van der Waals surface area contributed by atoms with Gasteiger partial charge < -0.3 is 20.7 Å². The molecule has 0 fully saturated rings. The summed E-state index contributed by atoms with van der Waals surface area (Å²) in [5.41, 5.74) is 4.83. The molecule has 4 N–H and O–H groups in total. The average molecular weight is 364 g/mol. The molecule has 2 aromatic heterocycles. The van der Waals surface area contributed by atoms with E-state index in [4.69, 9.17) is 21.9 Å². The summed E-state index contributed by atoms with van der Waals surface area (Å²) < 4.78 is 19.2. The first-order valence-electron chi connectivity index (χ1n) is 7.28. The van der Waals surface area contributed by atoms with Gasteiger partial charge in [0.25, 0.3) is 0 Å². The van der Waals surface area contributed by atoms with E-state index in [0.29, 0.717) is 17.0 Å². The number of aromatic nitrogens is 3.